The van der Waals surface area contributed by atoms with Crippen molar-refractivity contribution in [3.63, 3.8) is 0 Å². The van der Waals surface area contributed by atoms with E-state index in [2.05, 4.69) is 6.92 Å². The van der Waals surface area contributed by atoms with E-state index in [4.69, 9.17) is 9.47 Å². The monoisotopic (exact) mass is 426 g/mol. The lowest BCUT2D eigenvalue weighted by molar-refractivity contribution is 0.0721. The molecule has 0 fully saturated rings. The number of allylic oxidation sites excluding steroid dienone is 1. The van der Waals surface area contributed by atoms with Crippen LogP contribution in [0.25, 0.3) is 11.1 Å². The average Bonchev–Trinajstić information content (AvgIpc) is 2.77. The highest BCUT2D eigenvalue weighted by Gasteiger charge is 2.22. The third kappa shape index (κ3) is 5.15. The van der Waals surface area contributed by atoms with Crippen LogP contribution in [-0.2, 0) is 6.42 Å². The van der Waals surface area contributed by atoms with Gasteiger partial charge in [0.05, 0.1) is 11.8 Å². The van der Waals surface area contributed by atoms with Crippen LogP contribution in [0.1, 0.15) is 36.2 Å². The maximum atomic E-state index is 14.5. The van der Waals surface area contributed by atoms with Gasteiger partial charge in [0.1, 0.15) is 0 Å². The van der Waals surface area contributed by atoms with E-state index in [1.165, 1.54) is 30.0 Å². The molecule has 3 aromatic carbocycles. The number of hydrogen-bond acceptors (Lipinski definition) is 3. The summed E-state index contributed by atoms with van der Waals surface area (Å²) >= 11 is 0. The summed E-state index contributed by atoms with van der Waals surface area (Å²) in [5, 5.41) is 0. The van der Waals surface area contributed by atoms with E-state index < -0.39 is 29.0 Å². The summed E-state index contributed by atoms with van der Waals surface area (Å²) in [5.74, 6) is -5.55. The summed E-state index contributed by atoms with van der Waals surface area (Å²) in [5.41, 5.74) is 1.93. The second-order valence-corrected chi connectivity index (χ2v) is 6.81. The Morgan fingerprint density at radius 2 is 1.58 bits per heavy atom. The second-order valence-electron chi connectivity index (χ2n) is 6.81. The summed E-state index contributed by atoms with van der Waals surface area (Å²) < 4.78 is 52.7. The number of hydrogen-bond donors (Lipinski definition) is 0. The topological polar surface area (TPSA) is 35.5 Å². The van der Waals surface area contributed by atoms with Crippen molar-refractivity contribution in [3.8, 4) is 22.6 Å². The first kappa shape index (κ1) is 22.2. The molecule has 0 saturated heterocycles. The Morgan fingerprint density at radius 3 is 2.23 bits per heavy atom. The minimum Gasteiger partial charge on any atom is -0.462 e. The fraction of sp³-hybridized carbons (Fsp3) is 0.160. The number of carbonyl (C=O) groups is 1. The van der Waals surface area contributed by atoms with Crippen molar-refractivity contribution in [1.82, 2.24) is 0 Å². The van der Waals surface area contributed by atoms with Crippen LogP contribution in [0.5, 0.6) is 11.5 Å². The van der Waals surface area contributed by atoms with Crippen molar-refractivity contribution < 1.29 is 27.4 Å². The molecule has 0 spiro atoms. The molecule has 3 nitrogen and oxygen atoms in total. The Hall–Kier alpha value is -3.54. The molecule has 0 saturated carbocycles. The van der Waals surface area contributed by atoms with Gasteiger partial charge in [0, 0.05) is 0 Å². The molecule has 0 atom stereocenters. The van der Waals surface area contributed by atoms with Crippen LogP contribution in [0, 0.1) is 17.5 Å². The molecule has 0 aliphatic heterocycles. The van der Waals surface area contributed by atoms with Crippen molar-refractivity contribution in [2.75, 3.05) is 0 Å². The third-order valence-corrected chi connectivity index (χ3v) is 4.56. The first-order valence-corrected chi connectivity index (χ1v) is 9.81. The SMILES string of the molecule is CC=COc1ccc(C(=O)Oc2ccc(-c3ccc(CCC)cc3)cc2F)c(F)c1F. The van der Waals surface area contributed by atoms with Crippen molar-refractivity contribution in [1.29, 1.82) is 0 Å². The van der Waals surface area contributed by atoms with Gasteiger partial charge < -0.3 is 9.47 Å². The fourth-order valence-corrected chi connectivity index (χ4v) is 2.99. The zero-order valence-electron chi connectivity index (χ0n) is 17.1. The lowest BCUT2D eigenvalue weighted by atomic mass is 10.0. The molecule has 0 unspecified atom stereocenters. The molecule has 0 N–H and O–H groups in total. The van der Waals surface area contributed by atoms with Crippen LogP contribution in [0.15, 0.2) is 66.9 Å². The number of rotatable bonds is 7. The molecule has 0 amide bonds. The van der Waals surface area contributed by atoms with Crippen LogP contribution in [0.4, 0.5) is 13.2 Å². The van der Waals surface area contributed by atoms with Gasteiger partial charge in [-0.05, 0) is 54.3 Å². The highest BCUT2D eigenvalue weighted by atomic mass is 19.2. The van der Waals surface area contributed by atoms with E-state index in [1.807, 2.05) is 24.3 Å². The minimum atomic E-state index is -1.43. The molecule has 0 aliphatic rings. The summed E-state index contributed by atoms with van der Waals surface area (Å²) in [4.78, 5) is 12.3. The number of halogens is 3. The van der Waals surface area contributed by atoms with Gasteiger partial charge in [0.25, 0.3) is 0 Å². The first-order valence-electron chi connectivity index (χ1n) is 9.81. The molecule has 160 valence electrons. The van der Waals surface area contributed by atoms with Gasteiger partial charge in [0.2, 0.25) is 5.82 Å². The van der Waals surface area contributed by atoms with Crippen LogP contribution >= 0.6 is 0 Å². The van der Waals surface area contributed by atoms with Gasteiger partial charge in [-0.3, -0.25) is 0 Å². The van der Waals surface area contributed by atoms with Gasteiger partial charge >= 0.3 is 5.97 Å². The van der Waals surface area contributed by atoms with Crippen molar-refractivity contribution in [2.45, 2.75) is 26.7 Å². The predicted molar refractivity (Wildman–Crippen MR) is 113 cm³/mol. The molecule has 3 rings (SSSR count). The molecular formula is C25H21F3O3. The van der Waals surface area contributed by atoms with Crippen molar-refractivity contribution >= 4 is 5.97 Å². The Labute approximate surface area is 178 Å². The number of carbonyl (C=O) groups excluding carboxylic acids is 1. The first-order chi connectivity index (χ1) is 14.9. The van der Waals surface area contributed by atoms with E-state index >= 15 is 0 Å². The Bertz CT molecular complexity index is 1110. The predicted octanol–water partition coefficient (Wildman–Crippen LogP) is 6.86. The Balaban J connectivity index is 1.78. The van der Waals surface area contributed by atoms with E-state index in [0.717, 1.165) is 30.5 Å². The average molecular weight is 426 g/mol. The van der Waals surface area contributed by atoms with Gasteiger partial charge in [-0.25, -0.2) is 13.6 Å². The number of esters is 1. The standard InChI is InChI=1S/C25H21F3O3/c1-3-5-16-6-8-17(9-7-16)18-10-12-21(20(26)15-18)31-25(29)19-11-13-22(30-14-4-2)24(28)23(19)27/h4,6-15H,3,5H2,1-2H3. The van der Waals surface area contributed by atoms with E-state index in [0.29, 0.717) is 5.56 Å². The fourth-order valence-electron chi connectivity index (χ4n) is 2.99. The van der Waals surface area contributed by atoms with E-state index in [-0.39, 0.29) is 11.5 Å². The summed E-state index contributed by atoms with van der Waals surface area (Å²) in [7, 11) is 0. The van der Waals surface area contributed by atoms with Crippen LogP contribution in [-0.4, -0.2) is 5.97 Å². The molecule has 6 heteroatoms. The highest BCUT2D eigenvalue weighted by Crippen LogP contribution is 2.28. The lowest BCUT2D eigenvalue weighted by Crippen LogP contribution is -2.13. The highest BCUT2D eigenvalue weighted by molar-refractivity contribution is 5.91. The second kappa shape index (κ2) is 9.98. The quantitative estimate of drug-likeness (QED) is 0.235. The molecule has 0 bridgehead atoms. The van der Waals surface area contributed by atoms with Crippen molar-refractivity contribution in [2.24, 2.45) is 0 Å². The Morgan fingerprint density at radius 1 is 0.903 bits per heavy atom. The zero-order valence-corrected chi connectivity index (χ0v) is 17.1. The number of ether oxygens (including phenoxy) is 2. The summed E-state index contributed by atoms with van der Waals surface area (Å²) in [6, 6.07) is 13.9. The molecular weight excluding hydrogens is 405 g/mol. The summed E-state index contributed by atoms with van der Waals surface area (Å²) in [6.07, 6.45) is 4.66. The van der Waals surface area contributed by atoms with Gasteiger partial charge in [-0.1, -0.05) is 49.8 Å². The van der Waals surface area contributed by atoms with Crippen LogP contribution in [0.3, 0.4) is 0 Å². The van der Waals surface area contributed by atoms with Gasteiger partial charge in [-0.2, -0.15) is 4.39 Å². The lowest BCUT2D eigenvalue weighted by Gasteiger charge is -2.10. The van der Waals surface area contributed by atoms with E-state index in [1.54, 1.807) is 13.0 Å². The zero-order chi connectivity index (χ0) is 22.4. The third-order valence-electron chi connectivity index (χ3n) is 4.56. The largest absolute Gasteiger partial charge is 0.462 e. The molecule has 0 heterocycles. The van der Waals surface area contributed by atoms with Gasteiger partial charge in [0.15, 0.2) is 23.1 Å². The molecule has 31 heavy (non-hydrogen) atoms. The maximum absolute atomic E-state index is 14.5. The molecule has 3 aromatic rings. The van der Waals surface area contributed by atoms with Gasteiger partial charge in [-0.15, -0.1) is 0 Å². The van der Waals surface area contributed by atoms with Crippen LogP contribution in [0.2, 0.25) is 0 Å². The summed E-state index contributed by atoms with van der Waals surface area (Å²) in [6.45, 7) is 3.73. The van der Waals surface area contributed by atoms with E-state index in [9.17, 15) is 18.0 Å². The number of aryl methyl sites for hydroxylation is 1. The van der Waals surface area contributed by atoms with Crippen LogP contribution < -0.4 is 9.47 Å². The normalized spacial score (nSPS) is 11.0. The maximum Gasteiger partial charge on any atom is 0.346 e. The molecule has 0 aromatic heterocycles. The van der Waals surface area contributed by atoms with Crippen molar-refractivity contribution in [3.05, 3.63) is 95.5 Å². The number of benzene rings is 3. The smallest absolute Gasteiger partial charge is 0.346 e. The minimum absolute atomic E-state index is 0.382. The molecule has 0 radical (unpaired) electrons. The Kier molecular flexibility index (Phi) is 7.13. The molecule has 0 aliphatic carbocycles.